The monoisotopic (exact) mass is 266 g/mol. The highest BCUT2D eigenvalue weighted by Gasteiger charge is 2.35. The number of methoxy groups -OCH3 is 1. The number of rotatable bonds is 5. The first kappa shape index (κ1) is 12.4. The second-order valence-electron chi connectivity index (χ2n) is 5.06. The first-order valence-corrected chi connectivity index (χ1v) is 6.60. The molecule has 0 radical (unpaired) electrons. The van der Waals surface area contributed by atoms with Gasteiger partial charge in [0.2, 0.25) is 0 Å². The van der Waals surface area contributed by atoms with Crippen LogP contribution in [0.2, 0.25) is 0 Å². The number of nitrogens with zero attached hydrogens (tertiary/aromatic N) is 4. The van der Waals surface area contributed by atoms with Crippen LogP contribution in [-0.4, -0.2) is 59.4 Å². The molecule has 0 spiro atoms. The summed E-state index contributed by atoms with van der Waals surface area (Å²) in [6, 6.07) is 0.231. The molecule has 1 aliphatic carbocycles. The second kappa shape index (κ2) is 5.16. The molecule has 0 bridgehead atoms. The highest BCUT2D eigenvalue weighted by Crippen LogP contribution is 2.39. The van der Waals surface area contributed by atoms with Crippen molar-refractivity contribution in [3.63, 3.8) is 0 Å². The lowest BCUT2D eigenvalue weighted by Gasteiger charge is -2.37. The van der Waals surface area contributed by atoms with Gasteiger partial charge in [-0.2, -0.15) is 0 Å². The van der Waals surface area contributed by atoms with Crippen molar-refractivity contribution in [1.82, 2.24) is 19.9 Å². The van der Waals surface area contributed by atoms with E-state index in [0.717, 1.165) is 5.69 Å². The van der Waals surface area contributed by atoms with Crippen LogP contribution < -0.4 is 0 Å². The molecule has 7 heteroatoms. The van der Waals surface area contributed by atoms with E-state index in [1.807, 2.05) is 10.9 Å². The number of amides is 1. The molecule has 2 aliphatic rings. The van der Waals surface area contributed by atoms with Gasteiger partial charge in [0.1, 0.15) is 6.61 Å². The van der Waals surface area contributed by atoms with Crippen molar-refractivity contribution in [2.24, 2.45) is 0 Å². The molecule has 0 atom stereocenters. The zero-order valence-electron chi connectivity index (χ0n) is 11.0. The minimum absolute atomic E-state index is 0.231. The third-order valence-corrected chi connectivity index (χ3v) is 3.53. The molecule has 0 aromatic carbocycles. The normalized spacial score (nSPS) is 19.3. The molecule has 0 unspecified atom stereocenters. The van der Waals surface area contributed by atoms with Gasteiger partial charge >= 0.3 is 6.09 Å². The van der Waals surface area contributed by atoms with Gasteiger partial charge in [-0.25, -0.2) is 9.48 Å². The smallest absolute Gasteiger partial charge is 0.409 e. The van der Waals surface area contributed by atoms with Crippen molar-refractivity contribution in [2.45, 2.75) is 24.8 Å². The lowest BCUT2D eigenvalue weighted by molar-refractivity contribution is 0.0381. The Balaban J connectivity index is 1.44. The molecule has 104 valence electrons. The van der Waals surface area contributed by atoms with Crippen LogP contribution in [-0.2, 0) is 9.47 Å². The van der Waals surface area contributed by atoms with Crippen LogP contribution in [0.4, 0.5) is 4.79 Å². The summed E-state index contributed by atoms with van der Waals surface area (Å²) in [5, 5.41) is 8.31. The Morgan fingerprint density at radius 2 is 2.21 bits per heavy atom. The van der Waals surface area contributed by atoms with Gasteiger partial charge in [0.05, 0.1) is 18.3 Å². The van der Waals surface area contributed by atoms with Crippen LogP contribution >= 0.6 is 0 Å². The first-order chi connectivity index (χ1) is 9.28. The van der Waals surface area contributed by atoms with Crippen molar-refractivity contribution >= 4 is 6.09 Å². The highest BCUT2D eigenvalue weighted by molar-refractivity contribution is 5.68. The van der Waals surface area contributed by atoms with Gasteiger partial charge in [-0.3, -0.25) is 0 Å². The fourth-order valence-corrected chi connectivity index (χ4v) is 2.11. The molecule has 7 nitrogen and oxygen atoms in total. The van der Waals surface area contributed by atoms with E-state index in [1.165, 1.54) is 12.8 Å². The molecular formula is C12H18N4O3. The third kappa shape index (κ3) is 2.70. The minimum Gasteiger partial charge on any atom is -0.447 e. The molecule has 2 heterocycles. The summed E-state index contributed by atoms with van der Waals surface area (Å²) in [7, 11) is 1.58. The van der Waals surface area contributed by atoms with Crippen LogP contribution in [0.1, 0.15) is 30.5 Å². The summed E-state index contributed by atoms with van der Waals surface area (Å²) in [6.45, 7) is 2.00. The molecule has 1 aromatic heterocycles. The Hall–Kier alpha value is -1.63. The molecule has 1 saturated heterocycles. The average molecular weight is 266 g/mol. The number of aromatic nitrogens is 3. The zero-order valence-corrected chi connectivity index (χ0v) is 11.0. The Kier molecular flexibility index (Phi) is 3.37. The number of hydrogen-bond donors (Lipinski definition) is 0. The lowest BCUT2D eigenvalue weighted by atomic mass is 10.1. The number of carbonyl (C=O) groups excluding carboxylic acids is 1. The van der Waals surface area contributed by atoms with Crippen LogP contribution in [0, 0.1) is 0 Å². The molecule has 19 heavy (non-hydrogen) atoms. The predicted octanol–water partition coefficient (Wildman–Crippen LogP) is 0.795. The van der Waals surface area contributed by atoms with Crippen LogP contribution in [0.3, 0.4) is 0 Å². The third-order valence-electron chi connectivity index (χ3n) is 3.53. The Morgan fingerprint density at radius 1 is 1.42 bits per heavy atom. The van der Waals surface area contributed by atoms with E-state index >= 15 is 0 Å². The van der Waals surface area contributed by atoms with E-state index < -0.39 is 0 Å². The van der Waals surface area contributed by atoms with Crippen molar-refractivity contribution in [2.75, 3.05) is 33.4 Å². The molecule has 1 aliphatic heterocycles. The quantitative estimate of drug-likeness (QED) is 0.737. The largest absolute Gasteiger partial charge is 0.447 e. The Labute approximate surface area is 111 Å². The maximum atomic E-state index is 11.6. The van der Waals surface area contributed by atoms with Crippen molar-refractivity contribution in [3.8, 4) is 0 Å². The van der Waals surface area contributed by atoms with Gasteiger partial charge in [-0.05, 0) is 12.8 Å². The van der Waals surface area contributed by atoms with Crippen LogP contribution in [0.15, 0.2) is 6.20 Å². The first-order valence-electron chi connectivity index (χ1n) is 6.60. The van der Waals surface area contributed by atoms with E-state index in [1.54, 1.807) is 12.0 Å². The number of ether oxygens (including phenoxy) is 2. The summed E-state index contributed by atoms with van der Waals surface area (Å²) >= 11 is 0. The summed E-state index contributed by atoms with van der Waals surface area (Å²) in [5.41, 5.74) is 1.08. The van der Waals surface area contributed by atoms with E-state index in [9.17, 15) is 4.79 Å². The topological polar surface area (TPSA) is 69.5 Å². The van der Waals surface area contributed by atoms with Gasteiger partial charge in [-0.1, -0.05) is 5.21 Å². The van der Waals surface area contributed by atoms with Gasteiger partial charge in [0, 0.05) is 32.3 Å². The number of likely N-dealkylation sites (tertiary alicyclic amines) is 1. The molecule has 1 aromatic rings. The van der Waals surface area contributed by atoms with Gasteiger partial charge in [0.15, 0.2) is 0 Å². The number of carbonyl (C=O) groups is 1. The van der Waals surface area contributed by atoms with Crippen molar-refractivity contribution in [3.05, 3.63) is 11.9 Å². The zero-order chi connectivity index (χ0) is 13.2. The molecule has 3 rings (SSSR count). The van der Waals surface area contributed by atoms with Gasteiger partial charge < -0.3 is 14.4 Å². The average Bonchev–Trinajstić information content (AvgIpc) is 3.08. The Bertz CT molecular complexity index is 452. The standard InChI is InChI=1S/C12H18N4O3/c1-18-4-5-19-12(17)15-6-10(7-15)16-8-11(13-14-16)9-2-3-9/h8-10H,2-7H2,1H3. The summed E-state index contributed by atoms with van der Waals surface area (Å²) in [5.74, 6) is 0.615. The van der Waals surface area contributed by atoms with Crippen LogP contribution in [0.25, 0.3) is 0 Å². The fraction of sp³-hybridized carbons (Fsp3) is 0.750. The van der Waals surface area contributed by atoms with E-state index in [4.69, 9.17) is 9.47 Å². The fourth-order valence-electron chi connectivity index (χ4n) is 2.11. The minimum atomic E-state index is -0.282. The molecule has 0 N–H and O–H groups in total. The Morgan fingerprint density at radius 3 is 2.89 bits per heavy atom. The van der Waals surface area contributed by atoms with Gasteiger partial charge in [0.25, 0.3) is 0 Å². The summed E-state index contributed by atoms with van der Waals surface area (Å²) < 4.78 is 11.7. The van der Waals surface area contributed by atoms with Crippen LogP contribution in [0.5, 0.6) is 0 Å². The van der Waals surface area contributed by atoms with E-state index in [-0.39, 0.29) is 12.1 Å². The summed E-state index contributed by atoms with van der Waals surface area (Å²) in [4.78, 5) is 13.3. The van der Waals surface area contributed by atoms with E-state index in [0.29, 0.717) is 32.2 Å². The van der Waals surface area contributed by atoms with Gasteiger partial charge in [-0.15, -0.1) is 5.10 Å². The van der Waals surface area contributed by atoms with E-state index in [2.05, 4.69) is 10.3 Å². The maximum Gasteiger partial charge on any atom is 0.409 e. The number of hydrogen-bond acceptors (Lipinski definition) is 5. The summed E-state index contributed by atoms with van der Waals surface area (Å²) in [6.07, 6.45) is 4.18. The lowest BCUT2D eigenvalue weighted by Crippen LogP contribution is -2.51. The highest BCUT2D eigenvalue weighted by atomic mass is 16.6. The SMILES string of the molecule is COCCOC(=O)N1CC(n2cc(C3CC3)nn2)C1. The predicted molar refractivity (Wildman–Crippen MR) is 65.8 cm³/mol. The van der Waals surface area contributed by atoms with Crippen molar-refractivity contribution in [1.29, 1.82) is 0 Å². The second-order valence-corrected chi connectivity index (χ2v) is 5.06. The maximum absolute atomic E-state index is 11.6. The molecular weight excluding hydrogens is 248 g/mol. The van der Waals surface area contributed by atoms with Crippen molar-refractivity contribution < 1.29 is 14.3 Å². The molecule has 2 fully saturated rings. The molecule has 1 amide bonds. The molecule has 1 saturated carbocycles.